The fraction of sp³-hybridized carbons (Fsp3) is 0.200. The van der Waals surface area contributed by atoms with Crippen molar-refractivity contribution in [2.24, 2.45) is 0 Å². The summed E-state index contributed by atoms with van der Waals surface area (Å²) in [7, 11) is 0. The van der Waals surface area contributed by atoms with E-state index in [1.807, 2.05) is 12.1 Å². The summed E-state index contributed by atoms with van der Waals surface area (Å²) in [6.07, 6.45) is 3.26. The minimum atomic E-state index is 0.590. The molecular weight excluding hydrogens is 362 g/mol. The Morgan fingerprint density at radius 1 is 1.21 bits per heavy atom. The van der Waals surface area contributed by atoms with E-state index in [0.29, 0.717) is 6.54 Å². The molecule has 0 aliphatic carbocycles. The molecule has 0 amide bonds. The standard InChI is InChI=1S/C15H13N5OS3/c1-8-9(2)22-12-11(8)13(18-7-17-12)23-15-20-19-14(24-15)16-6-10-4-3-5-21-10/h3-5,7H,6H2,1-2H3,(H,16,19). The van der Waals surface area contributed by atoms with Crippen molar-refractivity contribution in [2.45, 2.75) is 29.8 Å². The molecule has 0 spiro atoms. The van der Waals surface area contributed by atoms with Gasteiger partial charge in [0.1, 0.15) is 21.9 Å². The Morgan fingerprint density at radius 3 is 2.96 bits per heavy atom. The molecule has 0 aliphatic rings. The molecular formula is C15H13N5OS3. The van der Waals surface area contributed by atoms with Gasteiger partial charge in [0, 0.05) is 10.3 Å². The van der Waals surface area contributed by atoms with Crippen molar-refractivity contribution in [3.63, 3.8) is 0 Å². The second kappa shape index (κ2) is 6.50. The van der Waals surface area contributed by atoms with Gasteiger partial charge in [0.05, 0.1) is 12.8 Å². The lowest BCUT2D eigenvalue weighted by atomic mass is 10.2. The highest BCUT2D eigenvalue weighted by atomic mass is 32.2. The zero-order chi connectivity index (χ0) is 16.5. The van der Waals surface area contributed by atoms with Crippen LogP contribution in [0, 0.1) is 13.8 Å². The Bertz CT molecular complexity index is 977. The van der Waals surface area contributed by atoms with E-state index in [9.17, 15) is 0 Å². The van der Waals surface area contributed by atoms with Crippen molar-refractivity contribution in [3.05, 3.63) is 40.9 Å². The Labute approximate surface area is 150 Å². The highest BCUT2D eigenvalue weighted by molar-refractivity contribution is 8.01. The molecule has 6 nitrogen and oxygen atoms in total. The quantitative estimate of drug-likeness (QED) is 0.514. The van der Waals surface area contributed by atoms with E-state index in [0.717, 1.165) is 30.5 Å². The molecule has 9 heteroatoms. The molecule has 0 atom stereocenters. The molecule has 4 aromatic rings. The largest absolute Gasteiger partial charge is 0.467 e. The topological polar surface area (TPSA) is 76.7 Å². The lowest BCUT2D eigenvalue weighted by Gasteiger charge is -1.99. The van der Waals surface area contributed by atoms with E-state index < -0.39 is 0 Å². The molecule has 1 N–H and O–H groups in total. The Balaban J connectivity index is 1.54. The van der Waals surface area contributed by atoms with E-state index in [2.05, 4.69) is 39.3 Å². The number of hydrogen-bond acceptors (Lipinski definition) is 9. The summed E-state index contributed by atoms with van der Waals surface area (Å²) in [5.41, 5.74) is 1.23. The molecule has 0 radical (unpaired) electrons. The van der Waals surface area contributed by atoms with Gasteiger partial charge in [0.15, 0.2) is 4.34 Å². The molecule has 4 rings (SSSR count). The third-order valence-corrected chi connectivity index (χ3v) is 6.56. The van der Waals surface area contributed by atoms with Crippen molar-refractivity contribution in [3.8, 4) is 0 Å². The average Bonchev–Trinajstić information content (AvgIpc) is 3.28. The van der Waals surface area contributed by atoms with Crippen LogP contribution in [0.15, 0.2) is 38.5 Å². The summed E-state index contributed by atoms with van der Waals surface area (Å²) in [6, 6.07) is 3.78. The van der Waals surface area contributed by atoms with E-state index in [1.54, 1.807) is 23.9 Å². The van der Waals surface area contributed by atoms with Gasteiger partial charge in [0.25, 0.3) is 0 Å². The summed E-state index contributed by atoms with van der Waals surface area (Å²) >= 11 is 4.72. The maximum Gasteiger partial charge on any atom is 0.206 e. The summed E-state index contributed by atoms with van der Waals surface area (Å²) < 4.78 is 6.14. The van der Waals surface area contributed by atoms with Gasteiger partial charge >= 0.3 is 0 Å². The van der Waals surface area contributed by atoms with Crippen LogP contribution >= 0.6 is 34.4 Å². The van der Waals surface area contributed by atoms with Gasteiger partial charge in [-0.15, -0.1) is 21.5 Å². The van der Waals surface area contributed by atoms with Gasteiger partial charge in [-0.05, 0) is 43.3 Å². The van der Waals surface area contributed by atoms with Crippen LogP contribution in [-0.2, 0) is 6.54 Å². The molecule has 0 bridgehead atoms. The molecule has 4 aromatic heterocycles. The zero-order valence-corrected chi connectivity index (χ0v) is 15.4. The minimum absolute atomic E-state index is 0.590. The van der Waals surface area contributed by atoms with E-state index >= 15 is 0 Å². The van der Waals surface area contributed by atoms with E-state index in [-0.39, 0.29) is 0 Å². The van der Waals surface area contributed by atoms with Gasteiger partial charge in [-0.2, -0.15) is 0 Å². The number of aryl methyl sites for hydroxylation is 2. The first-order valence-electron chi connectivity index (χ1n) is 7.19. The second-order valence-corrected chi connectivity index (χ2v) is 8.47. The predicted octanol–water partition coefficient (Wildman–Crippen LogP) is 4.52. The molecule has 0 aliphatic heterocycles. The SMILES string of the molecule is Cc1sc2ncnc(Sc3nnc(NCc4ccco4)s3)c2c1C. The van der Waals surface area contributed by atoms with Crippen molar-refractivity contribution in [1.29, 1.82) is 0 Å². The number of hydrogen-bond donors (Lipinski definition) is 1. The lowest BCUT2D eigenvalue weighted by Crippen LogP contribution is -1.96. The van der Waals surface area contributed by atoms with Crippen LogP contribution in [-0.4, -0.2) is 20.2 Å². The van der Waals surface area contributed by atoms with Crippen molar-refractivity contribution in [2.75, 3.05) is 5.32 Å². The van der Waals surface area contributed by atoms with Crippen molar-refractivity contribution in [1.82, 2.24) is 20.2 Å². The molecule has 122 valence electrons. The van der Waals surface area contributed by atoms with Crippen molar-refractivity contribution < 1.29 is 4.42 Å². The van der Waals surface area contributed by atoms with Crippen LogP contribution in [0.3, 0.4) is 0 Å². The van der Waals surface area contributed by atoms with Crippen LogP contribution in [0.2, 0.25) is 0 Å². The zero-order valence-electron chi connectivity index (χ0n) is 12.9. The number of aromatic nitrogens is 4. The third-order valence-electron chi connectivity index (χ3n) is 3.51. The fourth-order valence-electron chi connectivity index (χ4n) is 2.21. The number of rotatable bonds is 5. The predicted molar refractivity (Wildman–Crippen MR) is 97.0 cm³/mol. The number of nitrogens with one attached hydrogen (secondary N) is 1. The maximum atomic E-state index is 5.29. The number of nitrogens with zero attached hydrogens (tertiary/aromatic N) is 4. The smallest absolute Gasteiger partial charge is 0.206 e. The molecule has 0 unspecified atom stereocenters. The van der Waals surface area contributed by atoms with Gasteiger partial charge in [-0.25, -0.2) is 9.97 Å². The van der Waals surface area contributed by atoms with Crippen LogP contribution in [0.25, 0.3) is 10.2 Å². The minimum Gasteiger partial charge on any atom is -0.467 e. The first kappa shape index (κ1) is 15.6. The van der Waals surface area contributed by atoms with Gasteiger partial charge in [-0.1, -0.05) is 11.3 Å². The van der Waals surface area contributed by atoms with Crippen LogP contribution in [0.1, 0.15) is 16.2 Å². The summed E-state index contributed by atoms with van der Waals surface area (Å²) in [6.45, 7) is 4.81. The summed E-state index contributed by atoms with van der Waals surface area (Å²) in [4.78, 5) is 11.1. The molecule has 0 aromatic carbocycles. The van der Waals surface area contributed by atoms with E-state index in [1.165, 1.54) is 33.5 Å². The Morgan fingerprint density at radius 2 is 2.12 bits per heavy atom. The molecule has 0 saturated heterocycles. The number of fused-ring (bicyclic) bond motifs is 1. The third kappa shape index (κ3) is 3.02. The molecule has 0 saturated carbocycles. The first-order chi connectivity index (χ1) is 11.7. The average molecular weight is 376 g/mol. The fourth-order valence-corrected chi connectivity index (χ4v) is 5.08. The normalized spacial score (nSPS) is 11.2. The van der Waals surface area contributed by atoms with Crippen molar-refractivity contribution >= 4 is 49.8 Å². The molecule has 4 heterocycles. The first-order valence-corrected chi connectivity index (χ1v) is 9.64. The van der Waals surface area contributed by atoms with E-state index in [4.69, 9.17) is 4.42 Å². The van der Waals surface area contributed by atoms with Gasteiger partial charge in [0.2, 0.25) is 5.13 Å². The van der Waals surface area contributed by atoms with Gasteiger partial charge in [-0.3, -0.25) is 0 Å². The Kier molecular flexibility index (Phi) is 4.21. The summed E-state index contributed by atoms with van der Waals surface area (Å²) in [5.74, 6) is 0.862. The number of furan rings is 1. The molecule has 0 fully saturated rings. The number of anilines is 1. The highest BCUT2D eigenvalue weighted by Gasteiger charge is 2.15. The van der Waals surface area contributed by atoms with Gasteiger partial charge < -0.3 is 9.73 Å². The lowest BCUT2D eigenvalue weighted by molar-refractivity contribution is 0.518. The number of thiophene rings is 1. The van der Waals surface area contributed by atoms with Crippen LogP contribution in [0.5, 0.6) is 0 Å². The monoisotopic (exact) mass is 375 g/mol. The second-order valence-electron chi connectivity index (χ2n) is 5.05. The van der Waals surface area contributed by atoms with Crippen LogP contribution < -0.4 is 5.32 Å². The Hall–Kier alpha value is -1.97. The van der Waals surface area contributed by atoms with Crippen LogP contribution in [0.4, 0.5) is 5.13 Å². The molecule has 24 heavy (non-hydrogen) atoms. The maximum absolute atomic E-state index is 5.29. The highest BCUT2D eigenvalue weighted by Crippen LogP contribution is 2.38. The summed E-state index contributed by atoms with van der Waals surface area (Å²) in [5, 5.41) is 14.4.